The molecule has 0 saturated carbocycles. The Labute approximate surface area is 92.9 Å². The molecule has 0 amide bonds. The fraction of sp³-hybridized carbons (Fsp3) is 0.750. The predicted molar refractivity (Wildman–Crippen MR) is 64.0 cm³/mol. The summed E-state index contributed by atoms with van der Waals surface area (Å²) in [5, 5.41) is 7.70. The molecule has 1 rings (SSSR count). The molecule has 0 aromatic carbocycles. The lowest BCUT2D eigenvalue weighted by molar-refractivity contribution is 0.342. The fourth-order valence-corrected chi connectivity index (χ4v) is 1.83. The zero-order valence-corrected chi connectivity index (χ0v) is 10.6. The lowest BCUT2D eigenvalue weighted by atomic mass is 10.1. The first kappa shape index (κ1) is 12.2. The van der Waals surface area contributed by atoms with Gasteiger partial charge in [-0.1, -0.05) is 13.3 Å². The van der Waals surface area contributed by atoms with Crippen LogP contribution >= 0.6 is 0 Å². The summed E-state index contributed by atoms with van der Waals surface area (Å²) in [4.78, 5) is 0. The first-order valence-electron chi connectivity index (χ1n) is 5.71. The van der Waals surface area contributed by atoms with Crippen LogP contribution < -0.4 is 5.32 Å². The Morgan fingerprint density at radius 3 is 2.53 bits per heavy atom. The summed E-state index contributed by atoms with van der Waals surface area (Å²) < 4.78 is 2.16. The number of hydrogen-bond donors (Lipinski definition) is 1. The second-order valence-electron chi connectivity index (χ2n) is 4.98. The van der Waals surface area contributed by atoms with Crippen LogP contribution in [0.5, 0.6) is 0 Å². The number of hydrogen-bond acceptors (Lipinski definition) is 2. The topological polar surface area (TPSA) is 29.9 Å². The summed E-state index contributed by atoms with van der Waals surface area (Å²) in [6.07, 6.45) is 4.26. The van der Waals surface area contributed by atoms with Crippen LogP contribution in [-0.2, 0) is 18.5 Å². The molecule has 0 fully saturated rings. The minimum atomic E-state index is 0.0799. The highest BCUT2D eigenvalue weighted by molar-refractivity contribution is 5.19. The zero-order chi connectivity index (χ0) is 11.5. The minimum Gasteiger partial charge on any atom is -0.316 e. The maximum atomic E-state index is 4.50. The van der Waals surface area contributed by atoms with Crippen molar-refractivity contribution in [2.24, 2.45) is 0 Å². The molecule has 86 valence electrons. The van der Waals surface area contributed by atoms with Gasteiger partial charge in [0.1, 0.15) is 0 Å². The first-order valence-corrected chi connectivity index (χ1v) is 5.71. The zero-order valence-electron chi connectivity index (χ0n) is 10.6. The van der Waals surface area contributed by atoms with Gasteiger partial charge in [0.2, 0.25) is 0 Å². The number of rotatable bonds is 4. The minimum absolute atomic E-state index is 0.0799. The van der Waals surface area contributed by atoms with Gasteiger partial charge in [-0.05, 0) is 34.2 Å². The van der Waals surface area contributed by atoms with Gasteiger partial charge in [0.05, 0.1) is 11.7 Å². The maximum absolute atomic E-state index is 4.50. The number of nitrogens with zero attached hydrogens (tertiary/aromatic N) is 2. The second kappa shape index (κ2) is 4.79. The summed E-state index contributed by atoms with van der Waals surface area (Å²) in [5.74, 6) is 0. The van der Waals surface area contributed by atoms with Crippen LogP contribution in [0.15, 0.2) is 6.20 Å². The van der Waals surface area contributed by atoms with Crippen molar-refractivity contribution in [2.45, 2.75) is 52.6 Å². The molecule has 3 nitrogen and oxygen atoms in total. The fourth-order valence-electron chi connectivity index (χ4n) is 1.83. The second-order valence-corrected chi connectivity index (χ2v) is 4.98. The molecule has 0 aliphatic rings. The lowest BCUT2D eigenvalue weighted by Crippen LogP contribution is -2.25. The van der Waals surface area contributed by atoms with E-state index in [-0.39, 0.29) is 5.54 Å². The first-order chi connectivity index (χ1) is 7.00. The Hall–Kier alpha value is -0.830. The van der Waals surface area contributed by atoms with E-state index in [1.165, 1.54) is 17.7 Å². The highest BCUT2D eigenvalue weighted by Crippen LogP contribution is 2.20. The highest BCUT2D eigenvalue weighted by Gasteiger charge is 2.19. The summed E-state index contributed by atoms with van der Waals surface area (Å²) in [6, 6.07) is 0. The summed E-state index contributed by atoms with van der Waals surface area (Å²) in [5.41, 5.74) is 2.78. The molecule has 0 unspecified atom stereocenters. The third kappa shape index (κ3) is 2.81. The van der Waals surface area contributed by atoms with E-state index in [1.807, 2.05) is 13.2 Å². The van der Waals surface area contributed by atoms with Gasteiger partial charge in [-0.25, -0.2) is 0 Å². The van der Waals surface area contributed by atoms with E-state index < -0.39 is 0 Å². The lowest BCUT2D eigenvalue weighted by Gasteiger charge is -2.23. The van der Waals surface area contributed by atoms with Gasteiger partial charge in [-0.15, -0.1) is 0 Å². The third-order valence-electron chi connectivity index (χ3n) is 2.44. The van der Waals surface area contributed by atoms with Crippen LogP contribution in [0.3, 0.4) is 0 Å². The molecule has 0 aliphatic carbocycles. The van der Waals surface area contributed by atoms with E-state index in [9.17, 15) is 0 Å². The SMILES string of the molecule is CCCc1c(CNC)cnn1C(C)(C)C. The van der Waals surface area contributed by atoms with Crippen LogP contribution in [0.4, 0.5) is 0 Å². The van der Waals surface area contributed by atoms with Gasteiger partial charge < -0.3 is 5.32 Å². The molecular formula is C12H23N3. The molecule has 0 saturated heterocycles. The van der Waals surface area contributed by atoms with E-state index in [2.05, 4.69) is 42.8 Å². The van der Waals surface area contributed by atoms with E-state index >= 15 is 0 Å². The van der Waals surface area contributed by atoms with Crippen molar-refractivity contribution in [3.8, 4) is 0 Å². The standard InChI is InChI=1S/C12H23N3/c1-6-7-11-10(8-13-5)9-14-15(11)12(2,3)4/h9,13H,6-8H2,1-5H3. The molecule has 0 spiro atoms. The molecule has 0 radical (unpaired) electrons. The Morgan fingerprint density at radius 2 is 2.07 bits per heavy atom. The molecule has 0 bridgehead atoms. The average molecular weight is 209 g/mol. The van der Waals surface area contributed by atoms with Crippen molar-refractivity contribution >= 4 is 0 Å². The highest BCUT2D eigenvalue weighted by atomic mass is 15.3. The van der Waals surface area contributed by atoms with E-state index in [4.69, 9.17) is 0 Å². The van der Waals surface area contributed by atoms with Crippen LogP contribution in [0.1, 0.15) is 45.4 Å². The Kier molecular flexibility index (Phi) is 3.91. The van der Waals surface area contributed by atoms with Gasteiger partial charge in [-0.2, -0.15) is 5.10 Å². The molecular weight excluding hydrogens is 186 g/mol. The molecule has 1 aromatic rings. The molecule has 1 N–H and O–H groups in total. The van der Waals surface area contributed by atoms with Crippen molar-refractivity contribution in [1.82, 2.24) is 15.1 Å². The van der Waals surface area contributed by atoms with Crippen LogP contribution in [0.25, 0.3) is 0 Å². The number of aromatic nitrogens is 2. The van der Waals surface area contributed by atoms with E-state index in [1.54, 1.807) is 0 Å². The quantitative estimate of drug-likeness (QED) is 0.824. The summed E-state index contributed by atoms with van der Waals surface area (Å²) in [6.45, 7) is 9.71. The van der Waals surface area contributed by atoms with Gasteiger partial charge in [0.25, 0.3) is 0 Å². The third-order valence-corrected chi connectivity index (χ3v) is 2.44. The van der Waals surface area contributed by atoms with Gasteiger partial charge in [0, 0.05) is 17.8 Å². The summed E-state index contributed by atoms with van der Waals surface area (Å²) in [7, 11) is 1.98. The van der Waals surface area contributed by atoms with Crippen LogP contribution in [-0.4, -0.2) is 16.8 Å². The molecule has 1 aromatic heterocycles. The van der Waals surface area contributed by atoms with Crippen LogP contribution in [0.2, 0.25) is 0 Å². The van der Waals surface area contributed by atoms with Crippen molar-refractivity contribution in [3.05, 3.63) is 17.5 Å². The Bertz CT molecular complexity index is 307. The Balaban J connectivity index is 3.06. The molecule has 0 atom stereocenters. The molecule has 1 heterocycles. The smallest absolute Gasteiger partial charge is 0.0546 e. The van der Waals surface area contributed by atoms with Crippen LogP contribution in [0, 0.1) is 0 Å². The summed E-state index contributed by atoms with van der Waals surface area (Å²) >= 11 is 0. The van der Waals surface area contributed by atoms with Gasteiger partial charge in [0.15, 0.2) is 0 Å². The van der Waals surface area contributed by atoms with Gasteiger partial charge >= 0.3 is 0 Å². The van der Waals surface area contributed by atoms with E-state index in [0.29, 0.717) is 0 Å². The van der Waals surface area contributed by atoms with Crippen molar-refractivity contribution < 1.29 is 0 Å². The van der Waals surface area contributed by atoms with Crippen molar-refractivity contribution in [3.63, 3.8) is 0 Å². The van der Waals surface area contributed by atoms with Crippen molar-refractivity contribution in [2.75, 3.05) is 7.05 Å². The van der Waals surface area contributed by atoms with Gasteiger partial charge in [-0.3, -0.25) is 4.68 Å². The average Bonchev–Trinajstić information content (AvgIpc) is 2.49. The predicted octanol–water partition coefficient (Wildman–Crippen LogP) is 2.31. The van der Waals surface area contributed by atoms with E-state index in [0.717, 1.165) is 13.0 Å². The molecule has 0 aliphatic heterocycles. The number of nitrogens with one attached hydrogen (secondary N) is 1. The largest absolute Gasteiger partial charge is 0.316 e. The molecule has 3 heteroatoms. The molecule has 15 heavy (non-hydrogen) atoms. The monoisotopic (exact) mass is 209 g/mol. The Morgan fingerprint density at radius 1 is 1.40 bits per heavy atom. The normalized spacial score (nSPS) is 12.1. The maximum Gasteiger partial charge on any atom is 0.0546 e. The van der Waals surface area contributed by atoms with Crippen molar-refractivity contribution in [1.29, 1.82) is 0 Å².